The van der Waals surface area contributed by atoms with Gasteiger partial charge in [-0.1, -0.05) is 6.07 Å². The molecule has 0 saturated heterocycles. The van der Waals surface area contributed by atoms with Crippen LogP contribution in [-0.4, -0.2) is 25.4 Å². The lowest BCUT2D eigenvalue weighted by Gasteiger charge is -2.39. The third kappa shape index (κ3) is 2.49. The number of hydrogen-bond acceptors (Lipinski definition) is 3. The first-order chi connectivity index (χ1) is 9.27. The summed E-state index contributed by atoms with van der Waals surface area (Å²) in [7, 11) is 1.70. The van der Waals surface area contributed by atoms with E-state index in [1.165, 1.54) is 24.0 Å². The van der Waals surface area contributed by atoms with E-state index in [9.17, 15) is 5.11 Å². The zero-order valence-electron chi connectivity index (χ0n) is 11.6. The van der Waals surface area contributed by atoms with Gasteiger partial charge in [0.1, 0.15) is 5.75 Å². The fraction of sp³-hybridized carbons (Fsp3) is 0.625. The first-order valence-electron chi connectivity index (χ1n) is 7.31. The van der Waals surface area contributed by atoms with Gasteiger partial charge in [-0.2, -0.15) is 0 Å². The van der Waals surface area contributed by atoms with Gasteiger partial charge in [-0.05, 0) is 67.8 Å². The number of rotatable bonds is 5. The van der Waals surface area contributed by atoms with Crippen LogP contribution in [0.4, 0.5) is 0 Å². The second kappa shape index (κ2) is 5.14. The van der Waals surface area contributed by atoms with Gasteiger partial charge >= 0.3 is 0 Å². The Morgan fingerprint density at radius 1 is 1.42 bits per heavy atom. The Hall–Kier alpha value is -1.06. The molecule has 0 aromatic heterocycles. The van der Waals surface area contributed by atoms with Crippen LogP contribution in [0.5, 0.6) is 5.75 Å². The van der Waals surface area contributed by atoms with Crippen molar-refractivity contribution in [2.45, 2.75) is 37.6 Å². The fourth-order valence-corrected chi connectivity index (χ4v) is 3.15. The number of aryl methyl sites for hydroxylation is 1. The average Bonchev–Trinajstić information content (AvgIpc) is 3.28. The summed E-state index contributed by atoms with van der Waals surface area (Å²) in [6.45, 7) is 1.21. The molecule has 0 spiro atoms. The van der Waals surface area contributed by atoms with Crippen molar-refractivity contribution in [2.75, 3.05) is 20.3 Å². The van der Waals surface area contributed by atoms with E-state index in [0.717, 1.165) is 37.5 Å². The molecule has 3 rings (SSSR count). The molecule has 0 radical (unpaired) electrons. The second-order valence-corrected chi connectivity index (χ2v) is 5.94. The molecular weight excluding hydrogens is 238 g/mol. The summed E-state index contributed by atoms with van der Waals surface area (Å²) in [6, 6.07) is 6.26. The van der Waals surface area contributed by atoms with Crippen LogP contribution in [0.1, 0.15) is 36.8 Å². The quantitative estimate of drug-likeness (QED) is 0.854. The second-order valence-electron chi connectivity index (χ2n) is 5.94. The van der Waals surface area contributed by atoms with Crippen molar-refractivity contribution in [3.63, 3.8) is 0 Å². The molecule has 1 atom stereocenters. The lowest BCUT2D eigenvalue weighted by atomic mass is 9.76. The molecule has 1 unspecified atom stereocenters. The highest BCUT2D eigenvalue weighted by Gasteiger charge is 2.37. The highest BCUT2D eigenvalue weighted by atomic mass is 16.5. The number of fused-ring (bicyclic) bond motifs is 1. The maximum absolute atomic E-state index is 9.95. The lowest BCUT2D eigenvalue weighted by molar-refractivity contribution is 0.140. The van der Waals surface area contributed by atoms with Crippen molar-refractivity contribution in [1.29, 1.82) is 0 Å². The van der Waals surface area contributed by atoms with Gasteiger partial charge in [0, 0.05) is 0 Å². The van der Waals surface area contributed by atoms with Crippen LogP contribution in [0.3, 0.4) is 0 Å². The molecular formula is C16H23NO2. The van der Waals surface area contributed by atoms with E-state index in [-0.39, 0.29) is 12.1 Å². The summed E-state index contributed by atoms with van der Waals surface area (Å²) in [5.41, 5.74) is 2.35. The Morgan fingerprint density at radius 3 is 2.95 bits per heavy atom. The Kier molecular flexibility index (Phi) is 3.50. The highest BCUT2D eigenvalue weighted by molar-refractivity contribution is 5.42. The minimum atomic E-state index is -0.234. The monoisotopic (exact) mass is 261 g/mol. The Balaban J connectivity index is 1.89. The molecule has 0 amide bonds. The van der Waals surface area contributed by atoms with Crippen molar-refractivity contribution >= 4 is 0 Å². The minimum Gasteiger partial charge on any atom is -0.497 e. The zero-order chi connectivity index (χ0) is 13.3. The molecule has 1 aromatic carbocycles. The number of aliphatic hydroxyl groups excluding tert-OH is 1. The molecule has 1 fully saturated rings. The predicted octanol–water partition coefficient (Wildman–Crippen LogP) is 2.22. The smallest absolute Gasteiger partial charge is 0.119 e. The lowest BCUT2D eigenvalue weighted by Crippen LogP contribution is -2.48. The standard InChI is InChI=1S/C16H23NO2/c1-19-14-6-7-15-13(9-14)3-2-8-16(15,11-18)17-10-12-4-5-12/h6-7,9,12,17-18H,2-5,8,10-11H2,1H3. The average molecular weight is 261 g/mol. The first-order valence-corrected chi connectivity index (χ1v) is 7.31. The van der Waals surface area contributed by atoms with Crippen LogP contribution in [0.2, 0.25) is 0 Å². The molecule has 1 aromatic rings. The summed E-state index contributed by atoms with van der Waals surface area (Å²) >= 11 is 0. The summed E-state index contributed by atoms with van der Waals surface area (Å²) in [5.74, 6) is 1.74. The van der Waals surface area contributed by atoms with Gasteiger partial charge in [-0.25, -0.2) is 0 Å². The summed E-state index contributed by atoms with van der Waals surface area (Å²) in [4.78, 5) is 0. The van der Waals surface area contributed by atoms with Crippen LogP contribution < -0.4 is 10.1 Å². The normalized spacial score (nSPS) is 26.0. The molecule has 1 saturated carbocycles. The van der Waals surface area contributed by atoms with Gasteiger partial charge in [-0.3, -0.25) is 0 Å². The summed E-state index contributed by atoms with van der Waals surface area (Å²) in [6.07, 6.45) is 5.90. The number of nitrogens with one attached hydrogen (secondary N) is 1. The molecule has 0 bridgehead atoms. The zero-order valence-corrected chi connectivity index (χ0v) is 11.6. The molecule has 0 heterocycles. The van der Waals surface area contributed by atoms with Gasteiger partial charge in [0.05, 0.1) is 19.3 Å². The topological polar surface area (TPSA) is 41.5 Å². The third-order valence-electron chi connectivity index (χ3n) is 4.57. The fourth-order valence-electron chi connectivity index (χ4n) is 3.15. The Labute approximate surface area is 115 Å². The first kappa shape index (κ1) is 12.9. The van der Waals surface area contributed by atoms with Crippen LogP contribution in [0, 0.1) is 5.92 Å². The van der Waals surface area contributed by atoms with E-state index in [1.807, 2.05) is 6.07 Å². The maximum Gasteiger partial charge on any atom is 0.119 e. The van der Waals surface area contributed by atoms with Gasteiger partial charge in [-0.15, -0.1) is 0 Å². The number of benzene rings is 1. The van der Waals surface area contributed by atoms with E-state index in [2.05, 4.69) is 17.4 Å². The Morgan fingerprint density at radius 2 is 2.26 bits per heavy atom. The van der Waals surface area contributed by atoms with E-state index in [0.29, 0.717) is 0 Å². The number of ether oxygens (including phenoxy) is 1. The van der Waals surface area contributed by atoms with Gasteiger partial charge in [0.25, 0.3) is 0 Å². The molecule has 19 heavy (non-hydrogen) atoms. The van der Waals surface area contributed by atoms with Crippen molar-refractivity contribution in [3.05, 3.63) is 29.3 Å². The molecule has 104 valence electrons. The van der Waals surface area contributed by atoms with Gasteiger partial charge in [0.2, 0.25) is 0 Å². The molecule has 3 nitrogen and oxygen atoms in total. The Bertz CT molecular complexity index is 456. The number of hydrogen-bond donors (Lipinski definition) is 2. The van der Waals surface area contributed by atoms with Gasteiger partial charge < -0.3 is 15.2 Å². The summed E-state index contributed by atoms with van der Waals surface area (Å²) in [5, 5.41) is 13.6. The van der Waals surface area contributed by atoms with Crippen molar-refractivity contribution in [2.24, 2.45) is 5.92 Å². The maximum atomic E-state index is 9.95. The van der Waals surface area contributed by atoms with Crippen LogP contribution in [-0.2, 0) is 12.0 Å². The molecule has 2 aliphatic rings. The molecule has 3 heteroatoms. The van der Waals surface area contributed by atoms with E-state index >= 15 is 0 Å². The highest BCUT2D eigenvalue weighted by Crippen LogP contribution is 2.38. The third-order valence-corrected chi connectivity index (χ3v) is 4.57. The van der Waals surface area contributed by atoms with Crippen LogP contribution >= 0.6 is 0 Å². The van der Waals surface area contributed by atoms with E-state index < -0.39 is 0 Å². The van der Waals surface area contributed by atoms with Crippen molar-refractivity contribution in [1.82, 2.24) is 5.32 Å². The van der Waals surface area contributed by atoms with E-state index in [4.69, 9.17) is 4.74 Å². The SMILES string of the molecule is COc1ccc2c(c1)CCCC2(CO)NCC1CC1. The van der Waals surface area contributed by atoms with Crippen LogP contribution in [0.25, 0.3) is 0 Å². The molecule has 2 aliphatic carbocycles. The molecule has 0 aliphatic heterocycles. The largest absolute Gasteiger partial charge is 0.497 e. The minimum absolute atomic E-state index is 0.180. The number of aliphatic hydroxyl groups is 1. The predicted molar refractivity (Wildman–Crippen MR) is 75.4 cm³/mol. The number of methoxy groups -OCH3 is 1. The van der Waals surface area contributed by atoms with E-state index in [1.54, 1.807) is 7.11 Å². The van der Waals surface area contributed by atoms with Crippen molar-refractivity contribution in [3.8, 4) is 5.75 Å². The van der Waals surface area contributed by atoms with Gasteiger partial charge in [0.15, 0.2) is 0 Å². The van der Waals surface area contributed by atoms with Crippen LogP contribution in [0.15, 0.2) is 18.2 Å². The molecule has 2 N–H and O–H groups in total. The summed E-state index contributed by atoms with van der Waals surface area (Å²) < 4.78 is 5.31. The van der Waals surface area contributed by atoms with Crippen molar-refractivity contribution < 1.29 is 9.84 Å².